The van der Waals surface area contributed by atoms with Crippen LogP contribution in [0.3, 0.4) is 0 Å². The van der Waals surface area contributed by atoms with Gasteiger partial charge in [0.25, 0.3) is 0 Å². The molecule has 1 unspecified atom stereocenters. The van der Waals surface area contributed by atoms with E-state index in [0.717, 1.165) is 11.1 Å². The predicted octanol–water partition coefficient (Wildman–Crippen LogP) is 5.56. The summed E-state index contributed by atoms with van der Waals surface area (Å²) < 4.78 is 26.5. The Morgan fingerprint density at radius 1 is 0.947 bits per heavy atom. The number of rotatable bonds is 2. The van der Waals surface area contributed by atoms with Crippen LogP contribution in [0.25, 0.3) is 0 Å². The van der Waals surface area contributed by atoms with Crippen LogP contribution in [0.1, 0.15) is 27.6 Å². The molecule has 0 heterocycles. The quantitative estimate of drug-likeness (QED) is 0.637. The summed E-state index contributed by atoms with van der Waals surface area (Å²) in [5.74, 6) is -0.681. The summed E-state index contributed by atoms with van der Waals surface area (Å²) in [5.41, 5.74) is 2.59. The second-order valence-electron chi connectivity index (χ2n) is 4.49. The normalized spacial score (nSPS) is 12.5. The standard InChI is InChI=1S/C15H12Cl2F2/c1-8-5-10(18)3-4-11(8)15(17)12-6-9(2)14(19)7-13(12)16/h3-7,15H,1-2H3. The third kappa shape index (κ3) is 2.90. The van der Waals surface area contributed by atoms with Crippen LogP contribution in [0, 0.1) is 25.5 Å². The molecule has 0 saturated carbocycles. The molecule has 0 aliphatic rings. The lowest BCUT2D eigenvalue weighted by Crippen LogP contribution is -1.99. The Hall–Kier alpha value is -1.12. The van der Waals surface area contributed by atoms with Crippen molar-refractivity contribution in [2.75, 3.05) is 0 Å². The average molecular weight is 301 g/mol. The Kier molecular flexibility index (Phi) is 4.12. The van der Waals surface area contributed by atoms with Gasteiger partial charge < -0.3 is 0 Å². The smallest absolute Gasteiger partial charge is 0.127 e. The highest BCUT2D eigenvalue weighted by Gasteiger charge is 2.18. The molecule has 0 radical (unpaired) electrons. The summed E-state index contributed by atoms with van der Waals surface area (Å²) >= 11 is 12.4. The first kappa shape index (κ1) is 14.3. The SMILES string of the molecule is Cc1cc(C(Cl)c2ccc(F)cc2C)c(Cl)cc1F. The molecule has 2 aromatic carbocycles. The number of hydrogen-bond donors (Lipinski definition) is 0. The lowest BCUT2D eigenvalue weighted by Gasteiger charge is -2.15. The minimum Gasteiger partial charge on any atom is -0.207 e. The minimum atomic E-state index is -0.535. The van der Waals surface area contributed by atoms with Gasteiger partial charge in [0.05, 0.1) is 5.38 Å². The van der Waals surface area contributed by atoms with Gasteiger partial charge in [0.2, 0.25) is 0 Å². The van der Waals surface area contributed by atoms with Gasteiger partial charge in [-0.1, -0.05) is 17.7 Å². The molecule has 2 aromatic rings. The van der Waals surface area contributed by atoms with Crippen molar-refractivity contribution in [1.82, 2.24) is 0 Å². The second kappa shape index (κ2) is 5.48. The largest absolute Gasteiger partial charge is 0.207 e. The van der Waals surface area contributed by atoms with Crippen LogP contribution in [-0.2, 0) is 0 Å². The van der Waals surface area contributed by atoms with Crippen molar-refractivity contribution >= 4 is 23.2 Å². The molecule has 0 nitrogen and oxygen atoms in total. The van der Waals surface area contributed by atoms with Gasteiger partial charge in [-0.25, -0.2) is 8.78 Å². The molecule has 0 spiro atoms. The van der Waals surface area contributed by atoms with Crippen LogP contribution >= 0.6 is 23.2 Å². The number of aryl methyl sites for hydroxylation is 2. The molecule has 0 saturated heterocycles. The van der Waals surface area contributed by atoms with E-state index in [1.165, 1.54) is 18.2 Å². The highest BCUT2D eigenvalue weighted by atomic mass is 35.5. The molecule has 0 bridgehead atoms. The highest BCUT2D eigenvalue weighted by molar-refractivity contribution is 6.33. The van der Waals surface area contributed by atoms with Gasteiger partial charge in [-0.15, -0.1) is 11.6 Å². The molecule has 0 N–H and O–H groups in total. The first-order valence-electron chi connectivity index (χ1n) is 5.76. The fourth-order valence-electron chi connectivity index (χ4n) is 1.96. The molecule has 0 amide bonds. The zero-order valence-electron chi connectivity index (χ0n) is 10.5. The van der Waals surface area contributed by atoms with Crippen LogP contribution in [0.5, 0.6) is 0 Å². The van der Waals surface area contributed by atoms with Gasteiger partial charge in [-0.2, -0.15) is 0 Å². The van der Waals surface area contributed by atoms with Crippen molar-refractivity contribution in [3.8, 4) is 0 Å². The van der Waals surface area contributed by atoms with Crippen LogP contribution < -0.4 is 0 Å². The van der Waals surface area contributed by atoms with Crippen LogP contribution in [0.15, 0.2) is 30.3 Å². The van der Waals surface area contributed by atoms with Crippen molar-refractivity contribution in [1.29, 1.82) is 0 Å². The molecule has 1 atom stereocenters. The maximum absolute atomic E-state index is 13.4. The van der Waals surface area contributed by atoms with Crippen molar-refractivity contribution in [3.05, 3.63) is 69.2 Å². The summed E-state index contributed by atoms with van der Waals surface area (Å²) in [7, 11) is 0. The fraction of sp³-hybridized carbons (Fsp3) is 0.200. The maximum Gasteiger partial charge on any atom is 0.127 e. The minimum absolute atomic E-state index is 0.270. The molecule has 100 valence electrons. The average Bonchev–Trinajstić information content (AvgIpc) is 2.33. The lowest BCUT2D eigenvalue weighted by molar-refractivity contribution is 0.617. The van der Waals surface area contributed by atoms with Crippen LogP contribution in [0.2, 0.25) is 5.02 Å². The van der Waals surface area contributed by atoms with Crippen molar-refractivity contribution < 1.29 is 8.78 Å². The molecule has 0 aliphatic heterocycles. The van der Waals surface area contributed by atoms with Gasteiger partial charge in [-0.3, -0.25) is 0 Å². The summed E-state index contributed by atoms with van der Waals surface area (Å²) in [4.78, 5) is 0. The third-order valence-corrected chi connectivity index (χ3v) is 3.85. The lowest BCUT2D eigenvalue weighted by atomic mass is 9.98. The monoisotopic (exact) mass is 300 g/mol. The molecule has 0 aromatic heterocycles. The van der Waals surface area contributed by atoms with E-state index < -0.39 is 5.38 Å². The summed E-state index contributed by atoms with van der Waals surface area (Å²) in [5, 5.41) is -0.265. The Balaban J connectivity index is 2.49. The Bertz CT molecular complexity index is 624. The summed E-state index contributed by atoms with van der Waals surface area (Å²) in [6.07, 6.45) is 0. The molecule has 0 fully saturated rings. The molecular weight excluding hydrogens is 289 g/mol. The molecule has 0 aliphatic carbocycles. The molecular formula is C15H12Cl2F2. The highest BCUT2D eigenvalue weighted by Crippen LogP contribution is 2.36. The van der Waals surface area contributed by atoms with Crippen molar-refractivity contribution in [3.63, 3.8) is 0 Å². The summed E-state index contributed by atoms with van der Waals surface area (Å²) in [6.45, 7) is 3.42. The molecule has 19 heavy (non-hydrogen) atoms. The fourth-order valence-corrected chi connectivity index (χ4v) is 2.71. The number of alkyl halides is 1. The van der Waals surface area contributed by atoms with Crippen LogP contribution in [0.4, 0.5) is 8.78 Å². The zero-order chi connectivity index (χ0) is 14.2. The van der Waals surface area contributed by atoms with Gasteiger partial charge in [0.15, 0.2) is 0 Å². The van der Waals surface area contributed by atoms with E-state index in [2.05, 4.69) is 0 Å². The Morgan fingerprint density at radius 2 is 1.63 bits per heavy atom. The van der Waals surface area contributed by atoms with E-state index in [9.17, 15) is 8.78 Å². The summed E-state index contributed by atoms with van der Waals surface area (Å²) in [6, 6.07) is 7.26. The molecule has 4 heteroatoms. The van der Waals surface area contributed by atoms with E-state index in [1.54, 1.807) is 26.0 Å². The topological polar surface area (TPSA) is 0 Å². The van der Waals surface area contributed by atoms with Gasteiger partial charge in [0.1, 0.15) is 11.6 Å². The first-order valence-corrected chi connectivity index (χ1v) is 6.57. The molecule has 2 rings (SSSR count). The van der Waals surface area contributed by atoms with Gasteiger partial charge in [0, 0.05) is 5.02 Å². The number of halogens is 4. The van der Waals surface area contributed by atoms with Gasteiger partial charge >= 0.3 is 0 Å². The second-order valence-corrected chi connectivity index (χ2v) is 5.33. The van der Waals surface area contributed by atoms with Crippen molar-refractivity contribution in [2.45, 2.75) is 19.2 Å². The van der Waals surface area contributed by atoms with Crippen LogP contribution in [-0.4, -0.2) is 0 Å². The third-order valence-electron chi connectivity index (χ3n) is 3.06. The zero-order valence-corrected chi connectivity index (χ0v) is 12.0. The van der Waals surface area contributed by atoms with E-state index in [0.29, 0.717) is 11.1 Å². The van der Waals surface area contributed by atoms with E-state index >= 15 is 0 Å². The predicted molar refractivity (Wildman–Crippen MR) is 75.0 cm³/mol. The number of benzene rings is 2. The first-order chi connectivity index (χ1) is 8.90. The van der Waals surface area contributed by atoms with E-state index in [4.69, 9.17) is 23.2 Å². The van der Waals surface area contributed by atoms with Gasteiger partial charge in [-0.05, 0) is 60.4 Å². The Labute approximate surface area is 121 Å². The van der Waals surface area contributed by atoms with E-state index in [1.807, 2.05) is 0 Å². The van der Waals surface area contributed by atoms with E-state index in [-0.39, 0.29) is 16.7 Å². The Morgan fingerprint density at radius 3 is 2.26 bits per heavy atom. The van der Waals surface area contributed by atoms with Crippen molar-refractivity contribution in [2.24, 2.45) is 0 Å². The maximum atomic E-state index is 13.4. The number of hydrogen-bond acceptors (Lipinski definition) is 0.